The Hall–Kier alpha value is -1.79. The van der Waals surface area contributed by atoms with Crippen molar-refractivity contribution in [2.75, 3.05) is 44.7 Å². The number of ether oxygens (including phenoxy) is 1. The number of carbonyl (C=O) groups is 1. The number of hydrogen-bond acceptors (Lipinski definition) is 5. The van der Waals surface area contributed by atoms with Gasteiger partial charge in [-0.1, -0.05) is 6.07 Å². The fourth-order valence-electron chi connectivity index (χ4n) is 2.56. The Morgan fingerprint density at radius 1 is 1.33 bits per heavy atom. The first-order valence-electron chi connectivity index (χ1n) is 7.09. The first kappa shape index (κ1) is 15.6. The number of piperazine rings is 1. The number of rotatable bonds is 6. The third-order valence-electron chi connectivity index (χ3n) is 3.67. The van der Waals surface area contributed by atoms with Gasteiger partial charge in [0.2, 0.25) is 0 Å². The standard InChI is InChI=1S/C15H22N2O4/c1-21-14-4-2-3-12(9-14)17-7-5-16(6-8-17)11-13(18)10-15(19)20/h2-4,9,13,18H,5-8,10-11H2,1H3,(H,19,20). The van der Waals surface area contributed by atoms with Crippen molar-refractivity contribution in [3.8, 4) is 5.75 Å². The summed E-state index contributed by atoms with van der Waals surface area (Å²) in [7, 11) is 1.65. The molecule has 0 radical (unpaired) electrons. The predicted molar refractivity (Wildman–Crippen MR) is 79.9 cm³/mol. The van der Waals surface area contributed by atoms with E-state index in [1.54, 1.807) is 7.11 Å². The van der Waals surface area contributed by atoms with Gasteiger partial charge in [-0.15, -0.1) is 0 Å². The number of aliphatic hydroxyl groups is 1. The van der Waals surface area contributed by atoms with Crippen LogP contribution in [0.4, 0.5) is 5.69 Å². The maximum atomic E-state index is 10.6. The quantitative estimate of drug-likeness (QED) is 0.803. The smallest absolute Gasteiger partial charge is 0.306 e. The summed E-state index contributed by atoms with van der Waals surface area (Å²) in [6, 6.07) is 7.95. The van der Waals surface area contributed by atoms with E-state index in [4.69, 9.17) is 9.84 Å². The van der Waals surface area contributed by atoms with Crippen LogP contribution in [0.1, 0.15) is 6.42 Å². The van der Waals surface area contributed by atoms with Crippen LogP contribution in [-0.4, -0.2) is 67.0 Å². The zero-order valence-corrected chi connectivity index (χ0v) is 12.2. The highest BCUT2D eigenvalue weighted by Gasteiger charge is 2.20. The van der Waals surface area contributed by atoms with E-state index in [-0.39, 0.29) is 6.42 Å². The average molecular weight is 294 g/mol. The second kappa shape index (κ2) is 7.28. The van der Waals surface area contributed by atoms with Crippen LogP contribution in [0.2, 0.25) is 0 Å². The van der Waals surface area contributed by atoms with Crippen LogP contribution in [0.15, 0.2) is 24.3 Å². The van der Waals surface area contributed by atoms with E-state index in [0.29, 0.717) is 6.54 Å². The molecule has 0 aliphatic carbocycles. The average Bonchev–Trinajstić information content (AvgIpc) is 2.47. The zero-order valence-electron chi connectivity index (χ0n) is 12.2. The van der Waals surface area contributed by atoms with Crippen molar-refractivity contribution >= 4 is 11.7 Å². The number of carboxylic acid groups (broad SMARTS) is 1. The van der Waals surface area contributed by atoms with Gasteiger partial charge in [0, 0.05) is 44.5 Å². The molecule has 1 heterocycles. The number of hydrogen-bond donors (Lipinski definition) is 2. The van der Waals surface area contributed by atoms with Crippen LogP contribution in [0.5, 0.6) is 5.75 Å². The molecule has 6 heteroatoms. The molecule has 1 saturated heterocycles. The molecule has 1 aromatic carbocycles. The third kappa shape index (κ3) is 4.61. The topological polar surface area (TPSA) is 73.2 Å². The Kier molecular flexibility index (Phi) is 5.41. The van der Waals surface area contributed by atoms with E-state index < -0.39 is 12.1 Å². The highest BCUT2D eigenvalue weighted by molar-refractivity contribution is 5.67. The van der Waals surface area contributed by atoms with Gasteiger partial charge in [0.25, 0.3) is 0 Å². The molecule has 2 N–H and O–H groups in total. The molecule has 1 unspecified atom stereocenters. The number of benzene rings is 1. The summed E-state index contributed by atoms with van der Waals surface area (Å²) in [6.07, 6.45) is -0.998. The monoisotopic (exact) mass is 294 g/mol. The summed E-state index contributed by atoms with van der Waals surface area (Å²) in [5.74, 6) is -0.121. The Morgan fingerprint density at radius 2 is 2.05 bits per heavy atom. The van der Waals surface area contributed by atoms with Gasteiger partial charge in [-0.3, -0.25) is 9.69 Å². The van der Waals surface area contributed by atoms with E-state index in [0.717, 1.165) is 37.6 Å². The molecule has 0 aromatic heterocycles. The van der Waals surface area contributed by atoms with E-state index in [1.807, 2.05) is 18.2 Å². The molecular weight excluding hydrogens is 272 g/mol. The van der Waals surface area contributed by atoms with Gasteiger partial charge >= 0.3 is 5.97 Å². The highest BCUT2D eigenvalue weighted by atomic mass is 16.5. The zero-order chi connectivity index (χ0) is 15.2. The van der Waals surface area contributed by atoms with Crippen molar-refractivity contribution in [1.29, 1.82) is 0 Å². The molecule has 0 spiro atoms. The predicted octanol–water partition coefficient (Wildman–Crippen LogP) is 0.653. The van der Waals surface area contributed by atoms with E-state index in [9.17, 15) is 9.90 Å². The number of nitrogens with zero attached hydrogens (tertiary/aromatic N) is 2. The SMILES string of the molecule is COc1cccc(N2CCN(CC(O)CC(=O)O)CC2)c1. The molecular formula is C15H22N2O4. The van der Waals surface area contributed by atoms with Crippen molar-refractivity contribution in [3.63, 3.8) is 0 Å². The van der Waals surface area contributed by atoms with Crippen LogP contribution in [0, 0.1) is 0 Å². The summed E-state index contributed by atoms with van der Waals surface area (Å²) in [5, 5.41) is 18.3. The number of aliphatic hydroxyl groups excluding tert-OH is 1. The number of methoxy groups -OCH3 is 1. The van der Waals surface area contributed by atoms with Gasteiger partial charge in [0.1, 0.15) is 5.75 Å². The van der Waals surface area contributed by atoms with Gasteiger partial charge in [-0.25, -0.2) is 0 Å². The molecule has 1 atom stereocenters. The van der Waals surface area contributed by atoms with Crippen molar-refractivity contribution in [3.05, 3.63) is 24.3 Å². The minimum Gasteiger partial charge on any atom is -0.497 e. The van der Waals surface area contributed by atoms with Gasteiger partial charge in [0.15, 0.2) is 0 Å². The van der Waals surface area contributed by atoms with Gasteiger partial charge in [-0.05, 0) is 12.1 Å². The highest BCUT2D eigenvalue weighted by Crippen LogP contribution is 2.22. The lowest BCUT2D eigenvalue weighted by Crippen LogP contribution is -2.48. The number of anilines is 1. The lowest BCUT2D eigenvalue weighted by atomic mass is 10.2. The van der Waals surface area contributed by atoms with Crippen LogP contribution in [-0.2, 0) is 4.79 Å². The summed E-state index contributed by atoms with van der Waals surface area (Å²) in [5.41, 5.74) is 1.13. The first-order valence-corrected chi connectivity index (χ1v) is 7.09. The molecule has 6 nitrogen and oxygen atoms in total. The second-order valence-corrected chi connectivity index (χ2v) is 5.24. The largest absolute Gasteiger partial charge is 0.497 e. The molecule has 1 aliphatic heterocycles. The fourth-order valence-corrected chi connectivity index (χ4v) is 2.56. The molecule has 116 valence electrons. The Bertz CT molecular complexity index is 472. The summed E-state index contributed by atoms with van der Waals surface area (Å²) in [4.78, 5) is 14.9. The lowest BCUT2D eigenvalue weighted by molar-refractivity contribution is -0.139. The van der Waals surface area contributed by atoms with Crippen molar-refractivity contribution < 1.29 is 19.7 Å². The minimum atomic E-state index is -0.961. The molecule has 0 amide bonds. The van der Waals surface area contributed by atoms with Crippen LogP contribution in [0.25, 0.3) is 0 Å². The van der Waals surface area contributed by atoms with E-state index in [2.05, 4.69) is 15.9 Å². The number of β-amino-alcohol motifs (C(OH)–C–C–N with tert-alkyl or cyclic N) is 1. The third-order valence-corrected chi connectivity index (χ3v) is 3.67. The fraction of sp³-hybridized carbons (Fsp3) is 0.533. The van der Waals surface area contributed by atoms with Crippen LogP contribution < -0.4 is 9.64 Å². The molecule has 21 heavy (non-hydrogen) atoms. The number of aliphatic carboxylic acids is 1. The number of carboxylic acids is 1. The molecule has 1 aromatic rings. The normalized spacial score (nSPS) is 17.5. The van der Waals surface area contributed by atoms with E-state index in [1.165, 1.54) is 0 Å². The van der Waals surface area contributed by atoms with Gasteiger partial charge in [-0.2, -0.15) is 0 Å². The van der Waals surface area contributed by atoms with E-state index >= 15 is 0 Å². The Balaban J connectivity index is 1.83. The molecule has 0 saturated carbocycles. The Labute approximate surface area is 124 Å². The second-order valence-electron chi connectivity index (χ2n) is 5.24. The maximum Gasteiger partial charge on any atom is 0.306 e. The molecule has 0 bridgehead atoms. The van der Waals surface area contributed by atoms with Crippen molar-refractivity contribution in [2.24, 2.45) is 0 Å². The van der Waals surface area contributed by atoms with Crippen LogP contribution in [0.3, 0.4) is 0 Å². The summed E-state index contributed by atoms with van der Waals surface area (Å²) >= 11 is 0. The van der Waals surface area contributed by atoms with Crippen molar-refractivity contribution in [1.82, 2.24) is 4.90 Å². The van der Waals surface area contributed by atoms with Crippen molar-refractivity contribution in [2.45, 2.75) is 12.5 Å². The maximum absolute atomic E-state index is 10.6. The molecule has 1 fully saturated rings. The Morgan fingerprint density at radius 3 is 2.67 bits per heavy atom. The van der Waals surface area contributed by atoms with Gasteiger partial charge in [0.05, 0.1) is 19.6 Å². The lowest BCUT2D eigenvalue weighted by Gasteiger charge is -2.36. The van der Waals surface area contributed by atoms with Gasteiger partial charge < -0.3 is 19.8 Å². The minimum absolute atomic E-state index is 0.198. The summed E-state index contributed by atoms with van der Waals surface area (Å²) < 4.78 is 5.23. The summed E-state index contributed by atoms with van der Waals surface area (Å²) in [6.45, 7) is 3.75. The first-order chi connectivity index (χ1) is 10.1. The molecule has 1 aliphatic rings. The van der Waals surface area contributed by atoms with Crippen LogP contribution >= 0.6 is 0 Å². The molecule has 2 rings (SSSR count).